The van der Waals surface area contributed by atoms with Crippen molar-refractivity contribution in [2.24, 2.45) is 17.8 Å². The van der Waals surface area contributed by atoms with E-state index in [0.717, 1.165) is 4.90 Å². The Morgan fingerprint density at radius 3 is 2.24 bits per heavy atom. The number of carbonyl (C=O) groups is 3. The molecule has 0 unspecified atom stereocenters. The lowest BCUT2D eigenvalue weighted by Gasteiger charge is -2.26. The number of hydroxylamine groups is 1. The summed E-state index contributed by atoms with van der Waals surface area (Å²) in [6.45, 7) is 3.90. The maximum absolute atomic E-state index is 12.5. The molecule has 1 aliphatic heterocycles. The molecule has 6 heteroatoms. The van der Waals surface area contributed by atoms with Crippen molar-refractivity contribution in [3.8, 4) is 0 Å². The Morgan fingerprint density at radius 2 is 1.81 bits per heavy atom. The lowest BCUT2D eigenvalue weighted by molar-refractivity contribution is -0.152. The van der Waals surface area contributed by atoms with Crippen LogP contribution in [0.5, 0.6) is 0 Å². The molecule has 0 aromatic rings. The van der Waals surface area contributed by atoms with Crippen LogP contribution in [0.2, 0.25) is 0 Å². The van der Waals surface area contributed by atoms with Crippen molar-refractivity contribution in [1.29, 1.82) is 0 Å². The fraction of sp³-hybridized carbons (Fsp3) is 0.667. The number of amides is 3. The lowest BCUT2D eigenvalue weighted by Crippen LogP contribution is -2.50. The van der Waals surface area contributed by atoms with Crippen LogP contribution in [-0.4, -0.2) is 35.8 Å². The highest BCUT2D eigenvalue weighted by molar-refractivity contribution is 6.08. The minimum Gasteiger partial charge on any atom is -0.277 e. The monoisotopic (exact) mass is 294 g/mol. The zero-order chi connectivity index (χ0) is 15.6. The summed E-state index contributed by atoms with van der Waals surface area (Å²) in [6, 6.07) is -0.796. The van der Waals surface area contributed by atoms with Gasteiger partial charge < -0.3 is 0 Å². The van der Waals surface area contributed by atoms with E-state index in [-0.39, 0.29) is 29.6 Å². The predicted molar refractivity (Wildman–Crippen MR) is 75.6 cm³/mol. The first-order chi connectivity index (χ1) is 9.97. The first-order valence-corrected chi connectivity index (χ1v) is 7.32. The van der Waals surface area contributed by atoms with Gasteiger partial charge in [-0.2, -0.15) is 0 Å². The molecule has 0 spiro atoms. The number of hydrogen-bond acceptors (Lipinski definition) is 4. The van der Waals surface area contributed by atoms with Crippen LogP contribution in [0.25, 0.3) is 0 Å². The van der Waals surface area contributed by atoms with Crippen molar-refractivity contribution in [2.45, 2.75) is 39.2 Å². The van der Waals surface area contributed by atoms with Crippen molar-refractivity contribution in [2.75, 3.05) is 7.11 Å². The minimum absolute atomic E-state index is 0.180. The van der Waals surface area contributed by atoms with E-state index in [1.807, 2.05) is 26.0 Å². The molecule has 1 fully saturated rings. The summed E-state index contributed by atoms with van der Waals surface area (Å²) in [7, 11) is 1.33. The van der Waals surface area contributed by atoms with Crippen molar-refractivity contribution in [3.05, 3.63) is 12.2 Å². The SMILES string of the molecule is CONC(=O)[C@H](CC(C)C)N1C(=O)[C@@H]2CC=CC[C@H]2C1=O. The van der Waals surface area contributed by atoms with E-state index in [0.29, 0.717) is 19.3 Å². The third kappa shape index (κ3) is 3.00. The van der Waals surface area contributed by atoms with Gasteiger partial charge in [-0.3, -0.25) is 24.1 Å². The number of nitrogens with one attached hydrogen (secondary N) is 1. The van der Waals surface area contributed by atoms with Crippen LogP contribution in [0.1, 0.15) is 33.1 Å². The molecule has 1 saturated heterocycles. The molecule has 1 heterocycles. The van der Waals surface area contributed by atoms with Gasteiger partial charge >= 0.3 is 0 Å². The number of nitrogens with zero attached hydrogens (tertiary/aromatic N) is 1. The fourth-order valence-electron chi connectivity index (χ4n) is 3.08. The van der Waals surface area contributed by atoms with Gasteiger partial charge in [-0.15, -0.1) is 0 Å². The van der Waals surface area contributed by atoms with Crippen molar-refractivity contribution in [3.63, 3.8) is 0 Å². The quantitative estimate of drug-likeness (QED) is 0.467. The zero-order valence-electron chi connectivity index (χ0n) is 12.7. The molecule has 0 aromatic carbocycles. The molecule has 1 aliphatic carbocycles. The molecule has 1 N–H and O–H groups in total. The van der Waals surface area contributed by atoms with Gasteiger partial charge in [0.05, 0.1) is 18.9 Å². The normalized spacial score (nSPS) is 26.2. The average molecular weight is 294 g/mol. The topological polar surface area (TPSA) is 75.7 Å². The predicted octanol–water partition coefficient (Wildman–Crippen LogP) is 1.03. The second-order valence-corrected chi connectivity index (χ2v) is 6.02. The van der Waals surface area contributed by atoms with E-state index in [1.165, 1.54) is 7.11 Å². The maximum Gasteiger partial charge on any atom is 0.266 e. The summed E-state index contributed by atoms with van der Waals surface area (Å²) >= 11 is 0. The molecule has 0 saturated carbocycles. The number of fused-ring (bicyclic) bond motifs is 1. The van der Waals surface area contributed by atoms with Crippen LogP contribution < -0.4 is 5.48 Å². The van der Waals surface area contributed by atoms with Gasteiger partial charge in [-0.25, -0.2) is 5.48 Å². The van der Waals surface area contributed by atoms with Gasteiger partial charge in [-0.1, -0.05) is 26.0 Å². The first-order valence-electron chi connectivity index (χ1n) is 7.32. The third-order valence-corrected chi connectivity index (χ3v) is 4.05. The van der Waals surface area contributed by atoms with Crippen molar-refractivity contribution in [1.82, 2.24) is 10.4 Å². The smallest absolute Gasteiger partial charge is 0.266 e. The van der Waals surface area contributed by atoms with Gasteiger partial charge in [0.2, 0.25) is 11.8 Å². The number of likely N-dealkylation sites (tertiary alicyclic amines) is 1. The summed E-state index contributed by atoms with van der Waals surface area (Å²) in [4.78, 5) is 43.0. The summed E-state index contributed by atoms with van der Waals surface area (Å²) in [5.74, 6) is -1.35. The number of hydrogen-bond donors (Lipinski definition) is 1. The number of allylic oxidation sites excluding steroid dienone is 2. The summed E-state index contributed by atoms with van der Waals surface area (Å²) in [5.41, 5.74) is 2.25. The van der Waals surface area contributed by atoms with Gasteiger partial charge in [0.15, 0.2) is 0 Å². The van der Waals surface area contributed by atoms with Crippen molar-refractivity contribution < 1.29 is 19.2 Å². The highest BCUT2D eigenvalue weighted by Crippen LogP contribution is 2.36. The molecular weight excluding hydrogens is 272 g/mol. The second-order valence-electron chi connectivity index (χ2n) is 6.02. The van der Waals surface area contributed by atoms with Gasteiger partial charge in [0, 0.05) is 0 Å². The molecule has 0 bridgehead atoms. The Bertz CT molecular complexity index is 446. The maximum atomic E-state index is 12.5. The molecule has 0 aromatic heterocycles. The van der Waals surface area contributed by atoms with E-state index in [2.05, 4.69) is 10.3 Å². The molecular formula is C15H22N2O4. The van der Waals surface area contributed by atoms with Gasteiger partial charge in [0.1, 0.15) is 6.04 Å². The standard InChI is InChI=1S/C15H22N2O4/c1-9(2)8-12(13(18)16-21-3)17-14(19)10-6-4-5-7-11(10)15(17)20/h4-5,9-12H,6-8H2,1-3H3,(H,16,18)/t10-,11-,12+/m1/s1. The number of rotatable bonds is 5. The highest BCUT2D eigenvalue weighted by Gasteiger charge is 2.51. The Hall–Kier alpha value is -1.69. The summed E-state index contributed by atoms with van der Waals surface area (Å²) < 4.78 is 0. The molecule has 116 valence electrons. The van der Waals surface area contributed by atoms with Crippen LogP contribution in [0, 0.1) is 17.8 Å². The number of carbonyl (C=O) groups excluding carboxylic acids is 3. The van der Waals surface area contributed by atoms with Crippen LogP contribution in [0.15, 0.2) is 12.2 Å². The van der Waals surface area contributed by atoms with E-state index in [9.17, 15) is 14.4 Å². The Labute approximate surface area is 124 Å². The highest BCUT2D eigenvalue weighted by atomic mass is 16.6. The van der Waals surface area contributed by atoms with Crippen LogP contribution in [0.4, 0.5) is 0 Å². The molecule has 2 rings (SSSR count). The van der Waals surface area contributed by atoms with Gasteiger partial charge in [0.25, 0.3) is 5.91 Å². The minimum atomic E-state index is -0.796. The van der Waals surface area contributed by atoms with E-state index in [1.54, 1.807) is 0 Å². The van der Waals surface area contributed by atoms with Crippen LogP contribution in [0.3, 0.4) is 0 Å². The van der Waals surface area contributed by atoms with Crippen LogP contribution >= 0.6 is 0 Å². The molecule has 6 nitrogen and oxygen atoms in total. The second kappa shape index (κ2) is 6.39. The molecule has 0 radical (unpaired) electrons. The summed E-state index contributed by atoms with van der Waals surface area (Å²) in [6.07, 6.45) is 5.45. The third-order valence-electron chi connectivity index (χ3n) is 4.05. The average Bonchev–Trinajstić information content (AvgIpc) is 2.69. The van der Waals surface area contributed by atoms with E-state index >= 15 is 0 Å². The molecule has 3 atom stereocenters. The van der Waals surface area contributed by atoms with Crippen molar-refractivity contribution >= 4 is 17.7 Å². The molecule has 2 aliphatic rings. The van der Waals surface area contributed by atoms with E-state index < -0.39 is 11.9 Å². The molecule has 3 amide bonds. The van der Waals surface area contributed by atoms with E-state index in [4.69, 9.17) is 0 Å². The Morgan fingerprint density at radius 1 is 1.29 bits per heavy atom. The lowest BCUT2D eigenvalue weighted by atomic mass is 9.85. The van der Waals surface area contributed by atoms with Gasteiger partial charge in [-0.05, 0) is 25.2 Å². The van der Waals surface area contributed by atoms with Crippen LogP contribution in [-0.2, 0) is 19.2 Å². The largest absolute Gasteiger partial charge is 0.277 e. The zero-order valence-corrected chi connectivity index (χ0v) is 12.7. The summed E-state index contributed by atoms with van der Waals surface area (Å²) in [5, 5.41) is 0. The fourth-order valence-corrected chi connectivity index (χ4v) is 3.08. The Kier molecular flexibility index (Phi) is 4.77. The Balaban J connectivity index is 2.25. The number of imide groups is 1. The first kappa shape index (κ1) is 15.7. The molecule has 21 heavy (non-hydrogen) atoms.